The first-order chi connectivity index (χ1) is 7.05. The highest BCUT2D eigenvalue weighted by Crippen LogP contribution is 2.29. The van der Waals surface area contributed by atoms with Gasteiger partial charge in [0.1, 0.15) is 0 Å². The van der Waals surface area contributed by atoms with Crippen LogP contribution in [0.4, 0.5) is 0 Å². The smallest absolute Gasteiger partial charge is 0.0786 e. The van der Waals surface area contributed by atoms with Crippen molar-refractivity contribution < 1.29 is 0 Å². The summed E-state index contributed by atoms with van der Waals surface area (Å²) in [7, 11) is 0. The molecule has 0 saturated carbocycles. The van der Waals surface area contributed by atoms with E-state index in [4.69, 9.17) is 12.2 Å². The summed E-state index contributed by atoms with van der Waals surface area (Å²) in [5.41, 5.74) is 1.13. The van der Waals surface area contributed by atoms with Crippen molar-refractivity contribution in [2.24, 2.45) is 0 Å². The predicted molar refractivity (Wildman–Crippen MR) is 74.6 cm³/mol. The molecule has 80 valence electrons. The third kappa shape index (κ3) is 4.18. The van der Waals surface area contributed by atoms with E-state index in [2.05, 4.69) is 38.1 Å². The minimum absolute atomic E-state index is 0.0711. The summed E-state index contributed by atoms with van der Waals surface area (Å²) in [6.45, 7) is 6.38. The number of rotatable bonds is 3. The van der Waals surface area contributed by atoms with E-state index in [0.29, 0.717) is 0 Å². The maximum Gasteiger partial charge on any atom is 0.0786 e. The van der Waals surface area contributed by atoms with Crippen molar-refractivity contribution >= 4 is 28.2 Å². The summed E-state index contributed by atoms with van der Waals surface area (Å²) >= 11 is 7.14. The second-order valence-electron chi connectivity index (χ2n) is 3.86. The largest absolute Gasteiger partial charge is 0.104 e. The molecule has 0 aliphatic heterocycles. The molecular formula is C13H16S2. The highest BCUT2D eigenvalue weighted by atomic mass is 32.2. The van der Waals surface area contributed by atoms with Gasteiger partial charge in [0.05, 0.1) is 4.20 Å². The lowest BCUT2D eigenvalue weighted by Crippen LogP contribution is -2.13. The van der Waals surface area contributed by atoms with E-state index < -0.39 is 0 Å². The maximum absolute atomic E-state index is 5.41. The third-order valence-electron chi connectivity index (χ3n) is 1.93. The van der Waals surface area contributed by atoms with Gasteiger partial charge in [0.25, 0.3) is 0 Å². The summed E-state index contributed by atoms with van der Waals surface area (Å²) in [4.78, 5) is 0. The normalized spacial score (nSPS) is 11.9. The Morgan fingerprint density at radius 1 is 1.27 bits per heavy atom. The molecule has 0 N–H and O–H groups in total. The number of allylic oxidation sites excluding steroid dienone is 1. The lowest BCUT2D eigenvalue weighted by atomic mass is 10.2. The minimum Gasteiger partial charge on any atom is -0.104 e. The van der Waals surface area contributed by atoms with Crippen LogP contribution < -0.4 is 0 Å². The second kappa shape index (κ2) is 5.47. The molecule has 2 heteroatoms. The van der Waals surface area contributed by atoms with Gasteiger partial charge in [0.15, 0.2) is 0 Å². The molecule has 0 atom stereocenters. The SMILES string of the molecule is C/C=C/C(C)(C)SC(=S)c1ccccc1. The predicted octanol–water partition coefficient (Wildman–Crippen LogP) is 4.45. The summed E-state index contributed by atoms with van der Waals surface area (Å²) in [5.74, 6) is 0. The summed E-state index contributed by atoms with van der Waals surface area (Å²) in [6, 6.07) is 10.2. The molecule has 1 aromatic carbocycles. The molecule has 0 radical (unpaired) electrons. The van der Waals surface area contributed by atoms with Crippen LogP contribution >= 0.6 is 24.0 Å². The topological polar surface area (TPSA) is 0 Å². The molecular weight excluding hydrogens is 220 g/mol. The minimum atomic E-state index is 0.0711. The van der Waals surface area contributed by atoms with Gasteiger partial charge in [-0.15, -0.1) is 11.8 Å². The Morgan fingerprint density at radius 2 is 1.87 bits per heavy atom. The van der Waals surface area contributed by atoms with Crippen LogP contribution in [0.3, 0.4) is 0 Å². The Morgan fingerprint density at radius 3 is 2.40 bits per heavy atom. The van der Waals surface area contributed by atoms with Crippen LogP contribution in [0.1, 0.15) is 26.3 Å². The van der Waals surface area contributed by atoms with Crippen molar-refractivity contribution in [3.05, 3.63) is 48.0 Å². The van der Waals surface area contributed by atoms with Gasteiger partial charge in [0.2, 0.25) is 0 Å². The molecule has 0 spiro atoms. The molecule has 0 aromatic heterocycles. The zero-order valence-electron chi connectivity index (χ0n) is 9.36. The number of thioether (sulfide) groups is 1. The van der Waals surface area contributed by atoms with Crippen LogP contribution in [0.5, 0.6) is 0 Å². The Bertz CT molecular complexity index is 350. The molecule has 0 fully saturated rings. The summed E-state index contributed by atoms with van der Waals surface area (Å²) in [5, 5.41) is 0. The van der Waals surface area contributed by atoms with Gasteiger partial charge in [-0.2, -0.15) is 0 Å². The highest BCUT2D eigenvalue weighted by Gasteiger charge is 2.17. The zero-order valence-corrected chi connectivity index (χ0v) is 11.0. The Labute approximate surface area is 102 Å². The van der Waals surface area contributed by atoms with Crippen molar-refractivity contribution in [3.63, 3.8) is 0 Å². The van der Waals surface area contributed by atoms with Crippen molar-refractivity contribution in [2.45, 2.75) is 25.5 Å². The fraction of sp³-hybridized carbons (Fsp3) is 0.308. The molecule has 1 aromatic rings. The van der Waals surface area contributed by atoms with Crippen LogP contribution in [0.15, 0.2) is 42.5 Å². The van der Waals surface area contributed by atoms with Crippen LogP contribution in [0.25, 0.3) is 0 Å². The standard InChI is InChI=1S/C13H16S2/c1-4-10-13(2,3)15-12(14)11-8-6-5-7-9-11/h4-10H,1-3H3/b10-4+. The molecule has 0 aliphatic rings. The van der Waals surface area contributed by atoms with Crippen molar-refractivity contribution in [1.82, 2.24) is 0 Å². The molecule has 0 bridgehead atoms. The van der Waals surface area contributed by atoms with Gasteiger partial charge < -0.3 is 0 Å². The lowest BCUT2D eigenvalue weighted by Gasteiger charge is -2.19. The molecule has 0 heterocycles. The first-order valence-electron chi connectivity index (χ1n) is 4.97. The highest BCUT2D eigenvalue weighted by molar-refractivity contribution is 8.24. The van der Waals surface area contributed by atoms with E-state index in [9.17, 15) is 0 Å². The third-order valence-corrected chi connectivity index (χ3v) is 3.50. The van der Waals surface area contributed by atoms with E-state index >= 15 is 0 Å². The van der Waals surface area contributed by atoms with Crippen molar-refractivity contribution in [3.8, 4) is 0 Å². The maximum atomic E-state index is 5.41. The average Bonchev–Trinajstić information content (AvgIpc) is 2.18. The Kier molecular flexibility index (Phi) is 4.55. The van der Waals surface area contributed by atoms with Crippen molar-refractivity contribution in [1.29, 1.82) is 0 Å². The average molecular weight is 236 g/mol. The van der Waals surface area contributed by atoms with Gasteiger partial charge in [-0.1, -0.05) is 54.7 Å². The van der Waals surface area contributed by atoms with Gasteiger partial charge in [0, 0.05) is 4.75 Å². The molecule has 0 unspecified atom stereocenters. The second-order valence-corrected chi connectivity index (χ2v) is 6.19. The van der Waals surface area contributed by atoms with Crippen LogP contribution in [0, 0.1) is 0 Å². The van der Waals surface area contributed by atoms with Gasteiger partial charge in [-0.3, -0.25) is 0 Å². The monoisotopic (exact) mass is 236 g/mol. The van der Waals surface area contributed by atoms with Crippen LogP contribution in [-0.2, 0) is 0 Å². The van der Waals surface area contributed by atoms with E-state index in [1.54, 1.807) is 11.8 Å². The first-order valence-corrected chi connectivity index (χ1v) is 6.20. The van der Waals surface area contributed by atoms with Gasteiger partial charge >= 0.3 is 0 Å². The Balaban J connectivity index is 2.72. The molecule has 15 heavy (non-hydrogen) atoms. The molecule has 0 nitrogen and oxygen atoms in total. The lowest BCUT2D eigenvalue weighted by molar-refractivity contribution is 0.903. The van der Waals surface area contributed by atoms with Crippen LogP contribution in [0.2, 0.25) is 0 Å². The van der Waals surface area contributed by atoms with Crippen molar-refractivity contribution in [2.75, 3.05) is 0 Å². The van der Waals surface area contributed by atoms with Crippen LogP contribution in [-0.4, -0.2) is 8.94 Å². The number of hydrogen-bond donors (Lipinski definition) is 0. The van der Waals surface area contributed by atoms with E-state index in [1.807, 2.05) is 25.1 Å². The first kappa shape index (κ1) is 12.5. The quantitative estimate of drug-likeness (QED) is 0.562. The van der Waals surface area contributed by atoms with Gasteiger partial charge in [-0.05, 0) is 26.3 Å². The fourth-order valence-electron chi connectivity index (χ4n) is 1.31. The van der Waals surface area contributed by atoms with E-state index in [0.717, 1.165) is 9.76 Å². The number of hydrogen-bond acceptors (Lipinski definition) is 2. The molecule has 0 amide bonds. The summed E-state index contributed by atoms with van der Waals surface area (Å²) in [6.07, 6.45) is 4.24. The molecule has 1 rings (SSSR count). The number of thiocarbonyl (C=S) groups is 1. The fourth-order valence-corrected chi connectivity index (χ4v) is 3.02. The summed E-state index contributed by atoms with van der Waals surface area (Å²) < 4.78 is 1.03. The molecule has 0 saturated heterocycles. The van der Waals surface area contributed by atoms with E-state index in [-0.39, 0.29) is 4.75 Å². The van der Waals surface area contributed by atoms with Gasteiger partial charge in [-0.25, -0.2) is 0 Å². The Hall–Kier alpha value is -0.600. The number of benzene rings is 1. The zero-order chi connectivity index (χ0) is 11.3. The molecule has 0 aliphatic carbocycles. The van der Waals surface area contributed by atoms with E-state index in [1.165, 1.54) is 0 Å².